The normalized spacial score (nSPS) is 10.9. The highest BCUT2D eigenvalue weighted by molar-refractivity contribution is 5.88. The zero-order valence-electron chi connectivity index (χ0n) is 18.2. The third-order valence-corrected chi connectivity index (χ3v) is 4.91. The fourth-order valence-corrected chi connectivity index (χ4v) is 3.43. The molecule has 164 valence electrons. The molecular weight excluding hydrogens is 410 g/mol. The number of nitrogens with one attached hydrogen (secondary N) is 1. The highest BCUT2D eigenvalue weighted by atomic mass is 16.5. The minimum absolute atomic E-state index is 0.0651. The molecular formula is C22H23N7O3. The molecule has 0 spiro atoms. The lowest BCUT2D eigenvalue weighted by atomic mass is 10.1. The first-order valence-corrected chi connectivity index (χ1v) is 9.88. The van der Waals surface area contributed by atoms with Crippen LogP contribution in [0, 0.1) is 13.8 Å². The van der Waals surface area contributed by atoms with Gasteiger partial charge in [0, 0.05) is 29.9 Å². The maximum absolute atomic E-state index is 11.2. The Hall–Kier alpha value is -4.21. The van der Waals surface area contributed by atoms with Crippen molar-refractivity contribution < 1.29 is 14.3 Å². The van der Waals surface area contributed by atoms with E-state index in [0.29, 0.717) is 29.1 Å². The van der Waals surface area contributed by atoms with E-state index in [1.165, 1.54) is 6.92 Å². The third-order valence-electron chi connectivity index (χ3n) is 4.91. The number of nitrogen functional groups attached to an aromatic ring is 1. The number of carbonyl (C=O) groups is 1. The number of hydrogen-bond acceptors (Lipinski definition) is 8. The predicted octanol–water partition coefficient (Wildman–Crippen LogP) is 3.23. The van der Waals surface area contributed by atoms with Gasteiger partial charge >= 0.3 is 0 Å². The van der Waals surface area contributed by atoms with Gasteiger partial charge in [0.1, 0.15) is 11.5 Å². The van der Waals surface area contributed by atoms with Crippen LogP contribution < -0.4 is 20.5 Å². The molecule has 10 heteroatoms. The van der Waals surface area contributed by atoms with Crippen molar-refractivity contribution in [2.75, 3.05) is 18.2 Å². The van der Waals surface area contributed by atoms with E-state index in [9.17, 15) is 4.79 Å². The van der Waals surface area contributed by atoms with Crippen LogP contribution in [0.25, 0.3) is 11.2 Å². The molecule has 0 atom stereocenters. The summed E-state index contributed by atoms with van der Waals surface area (Å²) in [6, 6.07) is 6.91. The van der Waals surface area contributed by atoms with Gasteiger partial charge in [-0.15, -0.1) is 0 Å². The standard InChI is InChI=1S/C22H23N7O3/c1-12-9-24-17(13(2)19(12)31-4)10-29-11-25-18-20(29)27-22(23)28-21(18)32-16-7-5-15(6-8-16)26-14(3)30/h5-9,11H,10H2,1-4H3,(H,26,30)(H2,23,27,28). The molecule has 0 fully saturated rings. The van der Waals surface area contributed by atoms with Crippen LogP contribution in [0.5, 0.6) is 17.4 Å². The lowest BCUT2D eigenvalue weighted by molar-refractivity contribution is -0.114. The smallest absolute Gasteiger partial charge is 0.252 e. The van der Waals surface area contributed by atoms with Gasteiger partial charge in [0.15, 0.2) is 11.2 Å². The number of anilines is 2. The summed E-state index contributed by atoms with van der Waals surface area (Å²) >= 11 is 0. The van der Waals surface area contributed by atoms with Gasteiger partial charge in [0.2, 0.25) is 11.9 Å². The number of pyridine rings is 1. The molecule has 4 rings (SSSR count). The van der Waals surface area contributed by atoms with Gasteiger partial charge in [0.25, 0.3) is 5.88 Å². The molecule has 3 heterocycles. The van der Waals surface area contributed by atoms with Crippen LogP contribution in [0.2, 0.25) is 0 Å². The van der Waals surface area contributed by atoms with Crippen molar-refractivity contribution in [3.05, 3.63) is 53.6 Å². The van der Waals surface area contributed by atoms with E-state index >= 15 is 0 Å². The van der Waals surface area contributed by atoms with E-state index in [1.54, 1.807) is 43.9 Å². The number of aryl methyl sites for hydroxylation is 1. The largest absolute Gasteiger partial charge is 0.496 e. The molecule has 0 aliphatic rings. The van der Waals surface area contributed by atoms with Gasteiger partial charge in [-0.05, 0) is 38.1 Å². The summed E-state index contributed by atoms with van der Waals surface area (Å²) in [7, 11) is 1.64. The first kappa shape index (κ1) is 21.0. The monoisotopic (exact) mass is 433 g/mol. The number of nitrogens with two attached hydrogens (primary N) is 1. The third kappa shape index (κ3) is 4.15. The molecule has 10 nitrogen and oxygen atoms in total. The van der Waals surface area contributed by atoms with Crippen LogP contribution in [-0.2, 0) is 11.3 Å². The summed E-state index contributed by atoms with van der Waals surface area (Å²) in [5.41, 5.74) is 10.4. The van der Waals surface area contributed by atoms with Gasteiger partial charge in [-0.25, -0.2) is 4.98 Å². The average molecular weight is 433 g/mol. The molecule has 3 aromatic heterocycles. The number of ether oxygens (including phenoxy) is 2. The van der Waals surface area contributed by atoms with Gasteiger partial charge in [0.05, 0.1) is 25.7 Å². The lowest BCUT2D eigenvalue weighted by Gasteiger charge is -2.13. The number of benzene rings is 1. The van der Waals surface area contributed by atoms with Crippen molar-refractivity contribution >= 4 is 28.7 Å². The van der Waals surface area contributed by atoms with Gasteiger partial charge in [-0.3, -0.25) is 9.78 Å². The summed E-state index contributed by atoms with van der Waals surface area (Å²) < 4.78 is 13.3. The van der Waals surface area contributed by atoms with Crippen molar-refractivity contribution in [3.63, 3.8) is 0 Å². The Bertz CT molecular complexity index is 1300. The zero-order chi connectivity index (χ0) is 22.8. The highest BCUT2D eigenvalue weighted by Gasteiger charge is 2.17. The van der Waals surface area contributed by atoms with Crippen LogP contribution in [0.4, 0.5) is 11.6 Å². The first-order valence-electron chi connectivity index (χ1n) is 9.88. The summed E-state index contributed by atoms with van der Waals surface area (Å²) in [6.45, 7) is 5.80. The molecule has 0 aliphatic carbocycles. The Morgan fingerprint density at radius 2 is 1.91 bits per heavy atom. The SMILES string of the molecule is COc1c(C)cnc(Cn2cnc3c(Oc4ccc(NC(C)=O)cc4)nc(N)nc32)c1C. The predicted molar refractivity (Wildman–Crippen MR) is 120 cm³/mol. The van der Waals surface area contributed by atoms with Crippen LogP contribution in [0.1, 0.15) is 23.7 Å². The maximum atomic E-state index is 11.2. The zero-order valence-corrected chi connectivity index (χ0v) is 18.2. The highest BCUT2D eigenvalue weighted by Crippen LogP contribution is 2.29. The fourth-order valence-electron chi connectivity index (χ4n) is 3.43. The summed E-state index contributed by atoms with van der Waals surface area (Å²) in [5.74, 6) is 1.49. The topological polar surface area (TPSA) is 130 Å². The van der Waals surface area contributed by atoms with E-state index in [1.807, 2.05) is 18.4 Å². The van der Waals surface area contributed by atoms with Crippen LogP contribution in [0.3, 0.4) is 0 Å². The molecule has 4 aromatic rings. The van der Waals surface area contributed by atoms with Crippen LogP contribution in [0.15, 0.2) is 36.8 Å². The van der Waals surface area contributed by atoms with Gasteiger partial charge in [-0.2, -0.15) is 9.97 Å². The number of nitrogens with zero attached hydrogens (tertiary/aromatic N) is 5. The van der Waals surface area contributed by atoms with Crippen molar-refractivity contribution in [2.24, 2.45) is 0 Å². The second-order valence-electron chi connectivity index (χ2n) is 7.29. The van der Waals surface area contributed by atoms with E-state index < -0.39 is 0 Å². The maximum Gasteiger partial charge on any atom is 0.252 e. The van der Waals surface area contributed by atoms with E-state index in [2.05, 4.69) is 25.3 Å². The minimum atomic E-state index is -0.148. The van der Waals surface area contributed by atoms with Crippen molar-refractivity contribution in [2.45, 2.75) is 27.3 Å². The molecule has 1 amide bonds. The number of methoxy groups -OCH3 is 1. The molecule has 0 unspecified atom stereocenters. The van der Waals surface area contributed by atoms with Crippen molar-refractivity contribution in [3.8, 4) is 17.4 Å². The molecule has 0 saturated heterocycles. The number of hydrogen-bond donors (Lipinski definition) is 2. The van der Waals surface area contributed by atoms with E-state index in [0.717, 1.165) is 22.6 Å². The Labute approximate surface area is 184 Å². The number of carbonyl (C=O) groups excluding carboxylic acids is 1. The summed E-state index contributed by atoms with van der Waals surface area (Å²) in [6.07, 6.45) is 3.43. The van der Waals surface area contributed by atoms with Crippen LogP contribution in [-0.4, -0.2) is 37.5 Å². The number of amides is 1. The second-order valence-corrected chi connectivity index (χ2v) is 7.29. The summed E-state index contributed by atoms with van der Waals surface area (Å²) in [4.78, 5) is 28.7. The number of imidazole rings is 1. The number of fused-ring (bicyclic) bond motifs is 1. The second kappa shape index (κ2) is 8.50. The number of aromatic nitrogens is 5. The Morgan fingerprint density at radius 1 is 1.16 bits per heavy atom. The van der Waals surface area contributed by atoms with Crippen molar-refractivity contribution in [1.82, 2.24) is 24.5 Å². The molecule has 0 saturated carbocycles. The molecule has 0 aliphatic heterocycles. The molecule has 1 aromatic carbocycles. The first-order chi connectivity index (χ1) is 15.4. The Morgan fingerprint density at radius 3 is 2.59 bits per heavy atom. The van der Waals surface area contributed by atoms with Gasteiger partial charge in [-0.1, -0.05) is 0 Å². The minimum Gasteiger partial charge on any atom is -0.496 e. The molecule has 3 N–H and O–H groups in total. The summed E-state index contributed by atoms with van der Waals surface area (Å²) in [5, 5.41) is 2.71. The molecule has 0 bridgehead atoms. The average Bonchev–Trinajstić information content (AvgIpc) is 3.14. The number of rotatable bonds is 6. The Kier molecular flexibility index (Phi) is 5.59. The van der Waals surface area contributed by atoms with Crippen LogP contribution >= 0.6 is 0 Å². The van der Waals surface area contributed by atoms with Crippen molar-refractivity contribution in [1.29, 1.82) is 0 Å². The molecule has 0 radical (unpaired) electrons. The van der Waals surface area contributed by atoms with E-state index in [4.69, 9.17) is 15.2 Å². The fraction of sp³-hybridized carbons (Fsp3) is 0.227. The quantitative estimate of drug-likeness (QED) is 0.474. The van der Waals surface area contributed by atoms with Gasteiger partial charge < -0.3 is 25.1 Å². The lowest BCUT2D eigenvalue weighted by Crippen LogP contribution is -2.07. The van der Waals surface area contributed by atoms with E-state index in [-0.39, 0.29) is 17.7 Å². The Balaban J connectivity index is 1.65. The molecule has 32 heavy (non-hydrogen) atoms.